The summed E-state index contributed by atoms with van der Waals surface area (Å²) < 4.78 is 5.42. The van der Waals surface area contributed by atoms with Crippen LogP contribution in [0.1, 0.15) is 64.4 Å². The molecule has 0 spiro atoms. The van der Waals surface area contributed by atoms with Gasteiger partial charge in [-0.3, -0.25) is 14.9 Å². The minimum atomic E-state index is -0.370. The van der Waals surface area contributed by atoms with E-state index in [0.717, 1.165) is 73.5 Å². The predicted molar refractivity (Wildman–Crippen MR) is 173 cm³/mol. The van der Waals surface area contributed by atoms with Crippen molar-refractivity contribution in [1.82, 2.24) is 20.1 Å². The van der Waals surface area contributed by atoms with Crippen LogP contribution in [0.2, 0.25) is 0 Å². The molecule has 226 valence electrons. The summed E-state index contributed by atoms with van der Waals surface area (Å²) >= 11 is 0. The van der Waals surface area contributed by atoms with Crippen LogP contribution in [0.3, 0.4) is 0 Å². The number of piperidine rings is 1. The number of nitrogens with one attached hydrogen (secondary N) is 1. The van der Waals surface area contributed by atoms with E-state index in [2.05, 4.69) is 63.1 Å². The van der Waals surface area contributed by atoms with E-state index < -0.39 is 0 Å². The Kier molecular flexibility index (Phi) is 9.46. The second-order valence-corrected chi connectivity index (χ2v) is 11.8. The molecule has 1 amide bonds. The molecule has 1 aliphatic heterocycles. The van der Waals surface area contributed by atoms with Gasteiger partial charge in [0.1, 0.15) is 5.75 Å². The SMILES string of the molecule is COc1ccc(N(Cc2cnccc2C)C2CCN([C@H](C)CCc3c(-c4ccn[nH]4)cc(C)c(C(N)=O)c3C)CC2)cc1. The maximum atomic E-state index is 12.3. The molecule has 2 aromatic carbocycles. The Morgan fingerprint density at radius 1 is 1.09 bits per heavy atom. The van der Waals surface area contributed by atoms with E-state index in [4.69, 9.17) is 10.5 Å². The molecule has 0 saturated carbocycles. The zero-order valence-corrected chi connectivity index (χ0v) is 26.1. The van der Waals surface area contributed by atoms with Gasteiger partial charge < -0.3 is 20.3 Å². The molecule has 0 bridgehead atoms. The van der Waals surface area contributed by atoms with Crippen molar-refractivity contribution < 1.29 is 9.53 Å². The number of methoxy groups -OCH3 is 1. The summed E-state index contributed by atoms with van der Waals surface area (Å²) in [5.74, 6) is 0.498. The van der Waals surface area contributed by atoms with Gasteiger partial charge in [-0.25, -0.2) is 0 Å². The van der Waals surface area contributed by atoms with E-state index >= 15 is 0 Å². The molecule has 1 atom stereocenters. The third kappa shape index (κ3) is 6.75. The maximum Gasteiger partial charge on any atom is 0.249 e. The van der Waals surface area contributed by atoms with E-state index in [0.29, 0.717) is 17.6 Å². The Bertz CT molecular complexity index is 1520. The summed E-state index contributed by atoms with van der Waals surface area (Å²) in [7, 11) is 1.71. The lowest BCUT2D eigenvalue weighted by Crippen LogP contribution is -2.47. The number of carbonyl (C=O) groups is 1. The number of nitrogens with two attached hydrogens (primary N) is 1. The predicted octanol–water partition coefficient (Wildman–Crippen LogP) is 6.00. The second-order valence-electron chi connectivity index (χ2n) is 11.8. The Hall–Kier alpha value is -4.17. The minimum absolute atomic E-state index is 0.370. The Labute approximate surface area is 255 Å². The number of benzene rings is 2. The van der Waals surface area contributed by atoms with Crippen LogP contribution in [0.25, 0.3) is 11.3 Å². The van der Waals surface area contributed by atoms with Crippen molar-refractivity contribution in [2.45, 2.75) is 72.0 Å². The monoisotopic (exact) mass is 580 g/mol. The number of anilines is 1. The van der Waals surface area contributed by atoms with Crippen molar-refractivity contribution in [2.24, 2.45) is 5.73 Å². The third-order valence-electron chi connectivity index (χ3n) is 9.21. The van der Waals surface area contributed by atoms with Gasteiger partial charge in [-0.15, -0.1) is 0 Å². The first-order valence-corrected chi connectivity index (χ1v) is 15.2. The highest BCUT2D eigenvalue weighted by molar-refractivity contribution is 5.97. The number of amides is 1. The Balaban J connectivity index is 1.29. The number of ether oxygens (including phenoxy) is 1. The molecular weight excluding hydrogens is 536 g/mol. The number of aromatic nitrogens is 3. The highest BCUT2D eigenvalue weighted by Crippen LogP contribution is 2.32. The number of likely N-dealkylation sites (tertiary alicyclic amines) is 1. The van der Waals surface area contributed by atoms with Crippen LogP contribution in [0, 0.1) is 20.8 Å². The number of primary amides is 1. The quantitative estimate of drug-likeness (QED) is 0.226. The first-order valence-electron chi connectivity index (χ1n) is 15.2. The number of hydrogen-bond donors (Lipinski definition) is 2. The van der Waals surface area contributed by atoms with Crippen LogP contribution >= 0.6 is 0 Å². The molecule has 4 aromatic rings. The van der Waals surface area contributed by atoms with Crippen molar-refractivity contribution >= 4 is 11.6 Å². The number of aryl methyl sites for hydroxylation is 2. The van der Waals surface area contributed by atoms with E-state index in [1.165, 1.54) is 22.4 Å². The van der Waals surface area contributed by atoms with Gasteiger partial charge in [0, 0.05) is 67.1 Å². The average molecular weight is 581 g/mol. The van der Waals surface area contributed by atoms with Crippen molar-refractivity contribution in [3.8, 4) is 17.0 Å². The number of pyridine rings is 1. The number of nitrogens with zero attached hydrogens (tertiary/aromatic N) is 4. The highest BCUT2D eigenvalue weighted by Gasteiger charge is 2.28. The lowest BCUT2D eigenvalue weighted by Gasteiger charge is -2.42. The van der Waals surface area contributed by atoms with Gasteiger partial charge in [-0.1, -0.05) is 0 Å². The van der Waals surface area contributed by atoms with Crippen LogP contribution in [-0.2, 0) is 13.0 Å². The van der Waals surface area contributed by atoms with Crippen molar-refractivity contribution in [3.05, 3.63) is 94.4 Å². The van der Waals surface area contributed by atoms with E-state index in [9.17, 15) is 4.79 Å². The average Bonchev–Trinajstić information content (AvgIpc) is 3.55. The molecule has 0 unspecified atom stereocenters. The number of H-pyrrole nitrogens is 1. The molecular formula is C35H44N6O2. The van der Waals surface area contributed by atoms with Gasteiger partial charge in [0.2, 0.25) is 5.91 Å². The fraction of sp³-hybridized carbons (Fsp3) is 0.400. The number of hydrogen-bond acceptors (Lipinski definition) is 6. The smallest absolute Gasteiger partial charge is 0.249 e. The molecule has 5 rings (SSSR count). The molecule has 8 heteroatoms. The number of aromatic amines is 1. The fourth-order valence-corrected chi connectivity index (χ4v) is 6.60. The second kappa shape index (κ2) is 13.4. The summed E-state index contributed by atoms with van der Waals surface area (Å²) in [6.07, 6.45) is 9.65. The van der Waals surface area contributed by atoms with Crippen LogP contribution in [0.4, 0.5) is 5.69 Å². The van der Waals surface area contributed by atoms with Crippen LogP contribution in [0.5, 0.6) is 5.75 Å². The first-order chi connectivity index (χ1) is 20.8. The van der Waals surface area contributed by atoms with Gasteiger partial charge in [0.25, 0.3) is 0 Å². The van der Waals surface area contributed by atoms with Gasteiger partial charge in [-0.2, -0.15) is 5.10 Å². The van der Waals surface area contributed by atoms with Gasteiger partial charge in [0.15, 0.2) is 0 Å². The number of rotatable bonds is 11. The van der Waals surface area contributed by atoms with Gasteiger partial charge in [-0.05, 0) is 124 Å². The zero-order chi connectivity index (χ0) is 30.5. The topological polar surface area (TPSA) is 100 Å². The van der Waals surface area contributed by atoms with Crippen LogP contribution in [0.15, 0.2) is 61.1 Å². The standard InChI is InChI=1S/C35H44N6O2/c1-23-12-16-37-21-27(23)22-41(28-7-9-30(43-5)10-8-28)29-14-18-40(19-15-29)25(3)6-11-31-26(4)34(35(36)42)24(2)20-32(31)33-13-17-38-39-33/h7-10,12-13,16-17,20-21,25,29H,6,11,14-15,18-19,22H2,1-5H3,(H2,36,42)(H,38,39)/t25-/m1/s1. The molecule has 2 aromatic heterocycles. The normalized spacial score (nSPS) is 14.9. The molecule has 0 aliphatic carbocycles. The summed E-state index contributed by atoms with van der Waals surface area (Å²) in [4.78, 5) is 21.9. The van der Waals surface area contributed by atoms with Gasteiger partial charge in [0.05, 0.1) is 12.8 Å². The minimum Gasteiger partial charge on any atom is -0.497 e. The van der Waals surface area contributed by atoms with Crippen LogP contribution in [-0.4, -0.2) is 58.3 Å². The van der Waals surface area contributed by atoms with E-state index in [1.807, 2.05) is 44.4 Å². The van der Waals surface area contributed by atoms with Gasteiger partial charge >= 0.3 is 0 Å². The highest BCUT2D eigenvalue weighted by atomic mass is 16.5. The lowest BCUT2D eigenvalue weighted by atomic mass is 9.88. The molecule has 0 radical (unpaired) electrons. The molecule has 43 heavy (non-hydrogen) atoms. The zero-order valence-electron chi connectivity index (χ0n) is 26.1. The third-order valence-corrected chi connectivity index (χ3v) is 9.21. The molecule has 3 N–H and O–H groups in total. The van der Waals surface area contributed by atoms with Crippen molar-refractivity contribution in [1.29, 1.82) is 0 Å². The van der Waals surface area contributed by atoms with E-state index in [-0.39, 0.29) is 5.91 Å². The lowest BCUT2D eigenvalue weighted by molar-refractivity contribution is 0.0999. The Morgan fingerprint density at radius 3 is 2.47 bits per heavy atom. The molecule has 8 nitrogen and oxygen atoms in total. The summed E-state index contributed by atoms with van der Waals surface area (Å²) in [5, 5.41) is 7.28. The number of carbonyl (C=O) groups excluding carboxylic acids is 1. The Morgan fingerprint density at radius 2 is 1.84 bits per heavy atom. The largest absolute Gasteiger partial charge is 0.497 e. The summed E-state index contributed by atoms with van der Waals surface area (Å²) in [6, 6.07) is 15.4. The molecule has 1 fully saturated rings. The first kappa shape index (κ1) is 30.3. The molecule has 3 heterocycles. The summed E-state index contributed by atoms with van der Waals surface area (Å²) in [5.41, 5.74) is 15.3. The molecule has 1 saturated heterocycles. The van der Waals surface area contributed by atoms with Crippen LogP contribution < -0.4 is 15.4 Å². The maximum absolute atomic E-state index is 12.3. The van der Waals surface area contributed by atoms with Crippen molar-refractivity contribution in [2.75, 3.05) is 25.1 Å². The van der Waals surface area contributed by atoms with E-state index in [1.54, 1.807) is 13.3 Å². The van der Waals surface area contributed by atoms with Crippen molar-refractivity contribution in [3.63, 3.8) is 0 Å². The fourth-order valence-electron chi connectivity index (χ4n) is 6.60. The molecule has 1 aliphatic rings. The summed E-state index contributed by atoms with van der Waals surface area (Å²) in [6.45, 7) is 11.4.